The predicted octanol–water partition coefficient (Wildman–Crippen LogP) is 3.30. The van der Waals surface area contributed by atoms with Crippen molar-refractivity contribution in [3.8, 4) is 0 Å². The van der Waals surface area contributed by atoms with Gasteiger partial charge in [-0.15, -0.1) is 11.6 Å². The van der Waals surface area contributed by atoms with Gasteiger partial charge in [0.05, 0.1) is 0 Å². The number of carbonyl (C=O) groups is 1. The third-order valence-corrected chi connectivity index (χ3v) is 3.73. The van der Waals surface area contributed by atoms with E-state index in [4.69, 9.17) is 11.6 Å². The van der Waals surface area contributed by atoms with Crippen LogP contribution >= 0.6 is 11.6 Å². The molecule has 2 nitrogen and oxygen atoms in total. The Bertz CT molecular complexity index is 380. The van der Waals surface area contributed by atoms with E-state index in [0.29, 0.717) is 5.88 Å². The zero-order chi connectivity index (χ0) is 12.3. The van der Waals surface area contributed by atoms with Gasteiger partial charge in [-0.25, -0.2) is 0 Å². The van der Waals surface area contributed by atoms with Crippen LogP contribution in [0.5, 0.6) is 0 Å². The minimum atomic E-state index is 0.151. The molecule has 0 radical (unpaired) electrons. The van der Waals surface area contributed by atoms with Crippen LogP contribution in [0, 0.1) is 5.92 Å². The second-order valence-corrected chi connectivity index (χ2v) is 5.07. The van der Waals surface area contributed by atoms with E-state index in [9.17, 15) is 4.79 Å². The normalized spacial score (nSPS) is 17.2. The number of alkyl halides is 1. The maximum Gasteiger partial charge on any atom is 0.253 e. The second kappa shape index (κ2) is 5.54. The molecule has 1 aliphatic rings. The highest BCUT2D eigenvalue weighted by Crippen LogP contribution is 2.18. The van der Waals surface area contributed by atoms with E-state index in [0.717, 1.165) is 43.0 Å². The zero-order valence-electron chi connectivity index (χ0n) is 10.2. The molecule has 92 valence electrons. The minimum absolute atomic E-state index is 0.151. The van der Waals surface area contributed by atoms with Gasteiger partial charge in [0.2, 0.25) is 0 Å². The summed E-state index contributed by atoms with van der Waals surface area (Å²) in [6.45, 7) is 4.02. The number of hydrogen-bond donors (Lipinski definition) is 0. The molecule has 1 amide bonds. The van der Waals surface area contributed by atoms with Gasteiger partial charge in [-0.2, -0.15) is 0 Å². The van der Waals surface area contributed by atoms with Crippen LogP contribution in [-0.2, 0) is 5.88 Å². The average Bonchev–Trinajstić information content (AvgIpc) is 2.39. The van der Waals surface area contributed by atoms with Crippen LogP contribution in [0.4, 0.5) is 0 Å². The number of amides is 1. The van der Waals surface area contributed by atoms with Crippen LogP contribution in [-0.4, -0.2) is 23.9 Å². The van der Waals surface area contributed by atoms with E-state index < -0.39 is 0 Å². The first-order valence-corrected chi connectivity index (χ1v) is 6.68. The van der Waals surface area contributed by atoms with Gasteiger partial charge in [0.25, 0.3) is 5.91 Å². The summed E-state index contributed by atoms with van der Waals surface area (Å²) in [4.78, 5) is 14.2. The Kier molecular flexibility index (Phi) is 4.06. The molecular formula is C14H18ClNO. The van der Waals surface area contributed by atoms with E-state index in [-0.39, 0.29) is 5.91 Å². The van der Waals surface area contributed by atoms with Crippen molar-refractivity contribution in [3.63, 3.8) is 0 Å². The van der Waals surface area contributed by atoms with Crippen molar-refractivity contribution in [1.82, 2.24) is 4.90 Å². The highest BCUT2D eigenvalue weighted by Gasteiger charge is 2.21. The van der Waals surface area contributed by atoms with Crippen molar-refractivity contribution in [2.45, 2.75) is 25.6 Å². The van der Waals surface area contributed by atoms with Gasteiger partial charge in [-0.1, -0.05) is 19.1 Å². The largest absolute Gasteiger partial charge is 0.339 e. The lowest BCUT2D eigenvalue weighted by Crippen LogP contribution is -2.37. The monoisotopic (exact) mass is 251 g/mol. The van der Waals surface area contributed by atoms with Crippen molar-refractivity contribution in [2.24, 2.45) is 5.92 Å². The molecular weight excluding hydrogens is 234 g/mol. The van der Waals surface area contributed by atoms with Crippen molar-refractivity contribution in [3.05, 3.63) is 35.4 Å². The van der Waals surface area contributed by atoms with E-state index in [1.807, 2.05) is 29.2 Å². The molecule has 0 N–H and O–H groups in total. The fraction of sp³-hybridized carbons (Fsp3) is 0.500. The smallest absolute Gasteiger partial charge is 0.253 e. The first kappa shape index (κ1) is 12.4. The molecule has 3 heteroatoms. The van der Waals surface area contributed by atoms with Crippen LogP contribution in [0.3, 0.4) is 0 Å². The lowest BCUT2D eigenvalue weighted by atomic mass is 9.98. The number of hydrogen-bond acceptors (Lipinski definition) is 1. The molecule has 0 spiro atoms. The van der Waals surface area contributed by atoms with Gasteiger partial charge in [-0.3, -0.25) is 4.79 Å². The third kappa shape index (κ3) is 3.01. The SMILES string of the molecule is CC1CCN(C(=O)c2ccc(CCl)cc2)CC1. The topological polar surface area (TPSA) is 20.3 Å². The molecule has 0 unspecified atom stereocenters. The number of rotatable bonds is 2. The summed E-state index contributed by atoms with van der Waals surface area (Å²) in [5.74, 6) is 1.39. The Labute approximate surface area is 108 Å². The Morgan fingerprint density at radius 3 is 2.41 bits per heavy atom. The highest BCUT2D eigenvalue weighted by atomic mass is 35.5. The molecule has 1 heterocycles. The Hall–Kier alpha value is -1.02. The summed E-state index contributed by atoms with van der Waals surface area (Å²) in [7, 11) is 0. The molecule has 0 bridgehead atoms. The molecule has 17 heavy (non-hydrogen) atoms. The fourth-order valence-electron chi connectivity index (χ4n) is 2.13. The average molecular weight is 252 g/mol. The summed E-state index contributed by atoms with van der Waals surface area (Å²) in [5, 5.41) is 0. The van der Waals surface area contributed by atoms with Crippen molar-refractivity contribution in [2.75, 3.05) is 13.1 Å². The van der Waals surface area contributed by atoms with Crippen LogP contribution in [0.2, 0.25) is 0 Å². The first-order valence-electron chi connectivity index (χ1n) is 6.15. The van der Waals surface area contributed by atoms with E-state index in [1.54, 1.807) is 0 Å². The van der Waals surface area contributed by atoms with Gasteiger partial charge in [-0.05, 0) is 36.5 Å². The van der Waals surface area contributed by atoms with Crippen molar-refractivity contribution < 1.29 is 4.79 Å². The van der Waals surface area contributed by atoms with Gasteiger partial charge in [0, 0.05) is 24.5 Å². The molecule has 1 aliphatic heterocycles. The van der Waals surface area contributed by atoms with Gasteiger partial charge in [0.1, 0.15) is 0 Å². The number of nitrogens with zero attached hydrogens (tertiary/aromatic N) is 1. The molecule has 2 rings (SSSR count). The zero-order valence-corrected chi connectivity index (χ0v) is 10.9. The van der Waals surface area contributed by atoms with Gasteiger partial charge < -0.3 is 4.90 Å². The number of benzene rings is 1. The number of carbonyl (C=O) groups excluding carboxylic acids is 1. The van der Waals surface area contributed by atoms with Crippen LogP contribution in [0.1, 0.15) is 35.7 Å². The standard InChI is InChI=1S/C14H18ClNO/c1-11-6-8-16(9-7-11)14(17)13-4-2-12(10-15)3-5-13/h2-5,11H,6-10H2,1H3. The maximum absolute atomic E-state index is 12.2. The lowest BCUT2D eigenvalue weighted by Gasteiger charge is -2.30. The quantitative estimate of drug-likeness (QED) is 0.739. The molecule has 1 aromatic carbocycles. The molecule has 1 saturated heterocycles. The maximum atomic E-state index is 12.2. The molecule has 0 aliphatic carbocycles. The first-order chi connectivity index (χ1) is 8.20. The van der Waals surface area contributed by atoms with Crippen molar-refractivity contribution in [1.29, 1.82) is 0 Å². The van der Waals surface area contributed by atoms with Crippen LogP contribution in [0.25, 0.3) is 0 Å². The fourth-order valence-corrected chi connectivity index (χ4v) is 2.31. The van der Waals surface area contributed by atoms with Crippen LogP contribution in [0.15, 0.2) is 24.3 Å². The lowest BCUT2D eigenvalue weighted by molar-refractivity contribution is 0.0697. The van der Waals surface area contributed by atoms with Crippen LogP contribution < -0.4 is 0 Å². The summed E-state index contributed by atoms with van der Waals surface area (Å²) in [6, 6.07) is 7.59. The summed E-state index contributed by atoms with van der Waals surface area (Å²) in [6.07, 6.45) is 2.23. The summed E-state index contributed by atoms with van der Waals surface area (Å²) < 4.78 is 0. The Morgan fingerprint density at radius 2 is 1.88 bits per heavy atom. The Balaban J connectivity index is 2.03. The third-order valence-electron chi connectivity index (χ3n) is 3.43. The Morgan fingerprint density at radius 1 is 1.29 bits per heavy atom. The molecule has 0 atom stereocenters. The number of piperidine rings is 1. The molecule has 0 saturated carbocycles. The molecule has 0 aromatic heterocycles. The molecule has 1 fully saturated rings. The number of halogens is 1. The highest BCUT2D eigenvalue weighted by molar-refractivity contribution is 6.17. The van der Waals surface area contributed by atoms with Gasteiger partial charge >= 0.3 is 0 Å². The summed E-state index contributed by atoms with van der Waals surface area (Å²) >= 11 is 5.73. The minimum Gasteiger partial charge on any atom is -0.339 e. The molecule has 1 aromatic rings. The van der Waals surface area contributed by atoms with E-state index in [2.05, 4.69) is 6.92 Å². The predicted molar refractivity (Wildman–Crippen MR) is 70.3 cm³/mol. The number of likely N-dealkylation sites (tertiary alicyclic amines) is 1. The van der Waals surface area contributed by atoms with E-state index >= 15 is 0 Å². The summed E-state index contributed by atoms with van der Waals surface area (Å²) in [5.41, 5.74) is 1.82. The second-order valence-electron chi connectivity index (χ2n) is 4.81. The van der Waals surface area contributed by atoms with Crippen molar-refractivity contribution >= 4 is 17.5 Å². The van der Waals surface area contributed by atoms with E-state index in [1.165, 1.54) is 0 Å². The van der Waals surface area contributed by atoms with Gasteiger partial charge in [0.15, 0.2) is 0 Å².